The number of amides is 5. The second kappa shape index (κ2) is 14.9. The summed E-state index contributed by atoms with van der Waals surface area (Å²) < 4.78 is 27.6. The Hall–Kier alpha value is -6.35. The van der Waals surface area contributed by atoms with Crippen molar-refractivity contribution in [3.63, 3.8) is 0 Å². The van der Waals surface area contributed by atoms with Crippen molar-refractivity contribution in [1.82, 2.24) is 28.9 Å². The molecule has 2 aliphatic rings. The maximum absolute atomic E-state index is 13.3. The molecule has 0 spiro atoms. The van der Waals surface area contributed by atoms with Gasteiger partial charge in [0.1, 0.15) is 6.04 Å². The number of benzene rings is 2. The molecular formula is C36H36N8O9S. The average Bonchev–Trinajstić information content (AvgIpc) is 3.60. The highest BCUT2D eigenvalue weighted by Crippen LogP contribution is 2.32. The van der Waals surface area contributed by atoms with E-state index in [1.165, 1.54) is 20.2 Å². The average molecular weight is 757 g/mol. The van der Waals surface area contributed by atoms with Crippen molar-refractivity contribution in [2.24, 2.45) is 14.1 Å². The summed E-state index contributed by atoms with van der Waals surface area (Å²) in [7, 11) is -1.12. The van der Waals surface area contributed by atoms with E-state index < -0.39 is 50.8 Å². The molecule has 2 aliphatic heterocycles. The summed E-state index contributed by atoms with van der Waals surface area (Å²) in [6, 6.07) is 10.6. The van der Waals surface area contributed by atoms with Crippen molar-refractivity contribution in [1.29, 1.82) is 0 Å². The monoisotopic (exact) mass is 756 g/mol. The summed E-state index contributed by atoms with van der Waals surface area (Å²) in [6.07, 6.45) is 3.25. The number of anilines is 2. The van der Waals surface area contributed by atoms with E-state index in [4.69, 9.17) is 0 Å². The van der Waals surface area contributed by atoms with Gasteiger partial charge in [-0.2, -0.15) is 4.98 Å². The van der Waals surface area contributed by atoms with Gasteiger partial charge >= 0.3 is 5.69 Å². The van der Waals surface area contributed by atoms with Crippen molar-refractivity contribution in [2.45, 2.75) is 56.3 Å². The number of unbranched alkanes of at least 4 members (excludes halogenated alkanes) is 2. The summed E-state index contributed by atoms with van der Waals surface area (Å²) in [6.45, 7) is 0.284. The van der Waals surface area contributed by atoms with E-state index in [9.17, 15) is 42.0 Å². The molecule has 280 valence electrons. The van der Waals surface area contributed by atoms with Gasteiger partial charge < -0.3 is 15.2 Å². The molecule has 5 amide bonds. The SMILES string of the molecule is Cn1c(=O)c2c(nc(S(C)(=O)=O)n2C)n(CC#Cc2cccc(NC(=O)CCCCCNc3cccc4c3C(=O)N(C3CCC(=O)NC3=O)C4=O)c2)c1=O. The number of carbonyl (C=O) groups is 5. The van der Waals surface area contributed by atoms with Gasteiger partial charge in [-0.25, -0.2) is 13.2 Å². The van der Waals surface area contributed by atoms with E-state index in [0.29, 0.717) is 42.7 Å². The Morgan fingerprint density at radius 2 is 1.74 bits per heavy atom. The lowest BCUT2D eigenvalue weighted by atomic mass is 10.0. The molecule has 0 saturated carbocycles. The van der Waals surface area contributed by atoms with Crippen molar-refractivity contribution in [3.05, 3.63) is 80.0 Å². The highest BCUT2D eigenvalue weighted by atomic mass is 32.2. The van der Waals surface area contributed by atoms with Gasteiger partial charge in [0.15, 0.2) is 11.2 Å². The number of piperidine rings is 1. The number of hydrogen-bond acceptors (Lipinski definition) is 11. The minimum absolute atomic E-state index is 0.0365. The molecule has 4 aromatic rings. The van der Waals surface area contributed by atoms with Crippen LogP contribution in [0.2, 0.25) is 0 Å². The van der Waals surface area contributed by atoms with Gasteiger partial charge in [-0.05, 0) is 49.6 Å². The zero-order chi connectivity index (χ0) is 38.9. The van der Waals surface area contributed by atoms with Gasteiger partial charge in [-0.15, -0.1) is 0 Å². The van der Waals surface area contributed by atoms with E-state index in [1.807, 2.05) is 0 Å². The van der Waals surface area contributed by atoms with Gasteiger partial charge in [0, 0.05) is 56.7 Å². The van der Waals surface area contributed by atoms with E-state index in [0.717, 1.165) is 24.9 Å². The van der Waals surface area contributed by atoms with E-state index in [-0.39, 0.29) is 59.2 Å². The molecule has 2 aromatic carbocycles. The Bertz CT molecular complexity index is 2560. The zero-order valence-corrected chi connectivity index (χ0v) is 30.4. The molecule has 0 aliphatic carbocycles. The van der Waals surface area contributed by atoms with Crippen LogP contribution in [-0.2, 0) is 44.9 Å². The number of imidazole rings is 1. The molecule has 0 radical (unpaired) electrons. The number of aromatic nitrogens is 4. The predicted octanol–water partition coefficient (Wildman–Crippen LogP) is 0.901. The minimum Gasteiger partial charge on any atom is -0.384 e. The van der Waals surface area contributed by atoms with Gasteiger partial charge in [0.25, 0.3) is 17.4 Å². The number of nitrogens with one attached hydrogen (secondary N) is 3. The highest BCUT2D eigenvalue weighted by Gasteiger charge is 2.45. The first-order valence-corrected chi connectivity index (χ1v) is 18.9. The maximum atomic E-state index is 13.3. The van der Waals surface area contributed by atoms with Crippen LogP contribution in [0.15, 0.2) is 57.2 Å². The molecule has 3 N–H and O–H groups in total. The third-order valence-corrected chi connectivity index (χ3v) is 10.2. The van der Waals surface area contributed by atoms with E-state index in [1.54, 1.807) is 36.4 Å². The number of rotatable bonds is 11. The Morgan fingerprint density at radius 3 is 2.48 bits per heavy atom. The minimum atomic E-state index is -3.79. The molecular weight excluding hydrogens is 721 g/mol. The quantitative estimate of drug-likeness (QED) is 0.111. The molecule has 54 heavy (non-hydrogen) atoms. The van der Waals surface area contributed by atoms with Gasteiger partial charge in [0.05, 0.1) is 17.7 Å². The summed E-state index contributed by atoms with van der Waals surface area (Å²) in [5.74, 6) is 3.31. The number of fused-ring (bicyclic) bond motifs is 2. The number of carbonyl (C=O) groups excluding carboxylic acids is 5. The first-order valence-electron chi connectivity index (χ1n) is 17.0. The molecule has 1 saturated heterocycles. The third-order valence-electron chi connectivity index (χ3n) is 9.13. The zero-order valence-electron chi connectivity index (χ0n) is 29.6. The predicted molar refractivity (Wildman–Crippen MR) is 195 cm³/mol. The van der Waals surface area contributed by atoms with Gasteiger partial charge in [-0.3, -0.25) is 48.1 Å². The Balaban J connectivity index is 1.00. The molecule has 4 heterocycles. The first-order chi connectivity index (χ1) is 25.7. The Kier molecular flexibility index (Phi) is 10.4. The van der Waals surface area contributed by atoms with Crippen LogP contribution < -0.4 is 27.2 Å². The summed E-state index contributed by atoms with van der Waals surface area (Å²) >= 11 is 0. The molecule has 0 bridgehead atoms. The molecule has 1 fully saturated rings. The number of nitrogens with zero attached hydrogens (tertiary/aromatic N) is 5. The molecule has 6 rings (SSSR count). The lowest BCUT2D eigenvalue weighted by Crippen LogP contribution is -2.54. The number of sulfone groups is 1. The number of hydrogen-bond donors (Lipinski definition) is 3. The smallest absolute Gasteiger partial charge is 0.333 e. The van der Waals surface area contributed by atoms with Crippen molar-refractivity contribution in [2.75, 3.05) is 23.4 Å². The van der Waals surface area contributed by atoms with Crippen LogP contribution in [0.1, 0.15) is 64.8 Å². The van der Waals surface area contributed by atoms with Crippen molar-refractivity contribution < 1.29 is 32.4 Å². The van der Waals surface area contributed by atoms with Crippen LogP contribution in [0, 0.1) is 11.8 Å². The van der Waals surface area contributed by atoms with Crippen LogP contribution in [0.4, 0.5) is 11.4 Å². The summed E-state index contributed by atoms with van der Waals surface area (Å²) in [5, 5.41) is 7.87. The molecule has 2 aromatic heterocycles. The van der Waals surface area contributed by atoms with Crippen LogP contribution in [0.5, 0.6) is 0 Å². The summed E-state index contributed by atoms with van der Waals surface area (Å²) in [5.41, 5.74) is 0.376. The first kappa shape index (κ1) is 37.4. The number of aryl methyl sites for hydroxylation is 1. The maximum Gasteiger partial charge on any atom is 0.333 e. The standard InChI is InChI=1S/C36H36N8O9S/c1-41-29-30(40-35(41)54(3,52)53)43(36(51)42(2)34(29)50)19-9-11-21-10-7-12-22(20-21)38-26(45)15-5-4-6-18-37-24-14-8-13-23-28(24)33(49)44(32(23)48)25-16-17-27(46)39-31(25)47/h7-8,10,12-14,20,25,37H,4-6,15-19H2,1-3H3,(H,38,45)(H,39,46,47). The fraction of sp³-hybridized carbons (Fsp3) is 0.333. The highest BCUT2D eigenvalue weighted by molar-refractivity contribution is 7.90. The topological polar surface area (TPSA) is 221 Å². The number of imide groups is 2. The molecule has 18 heteroatoms. The Morgan fingerprint density at radius 1 is 0.981 bits per heavy atom. The van der Waals surface area contributed by atoms with Crippen LogP contribution in [0.25, 0.3) is 11.2 Å². The largest absolute Gasteiger partial charge is 0.384 e. The molecule has 1 unspecified atom stereocenters. The Labute approximate surface area is 308 Å². The van der Waals surface area contributed by atoms with Crippen LogP contribution in [-0.4, -0.2) is 80.4 Å². The van der Waals surface area contributed by atoms with Crippen molar-refractivity contribution in [3.8, 4) is 11.8 Å². The normalized spacial score (nSPS) is 15.5. The fourth-order valence-corrected chi connectivity index (χ4v) is 7.32. The van der Waals surface area contributed by atoms with Gasteiger partial charge in [0.2, 0.25) is 32.7 Å². The van der Waals surface area contributed by atoms with Crippen LogP contribution in [0.3, 0.4) is 0 Å². The molecule has 17 nitrogen and oxygen atoms in total. The molecule has 1 atom stereocenters. The summed E-state index contributed by atoms with van der Waals surface area (Å²) in [4.78, 5) is 93.6. The lowest BCUT2D eigenvalue weighted by molar-refractivity contribution is -0.136. The second-order valence-electron chi connectivity index (χ2n) is 13.0. The van der Waals surface area contributed by atoms with Crippen molar-refractivity contribution >= 4 is 61.9 Å². The fourth-order valence-electron chi connectivity index (χ4n) is 6.47. The van der Waals surface area contributed by atoms with E-state index in [2.05, 4.69) is 32.8 Å². The van der Waals surface area contributed by atoms with Crippen LogP contribution >= 0.6 is 0 Å². The van der Waals surface area contributed by atoms with Gasteiger partial charge in [-0.1, -0.05) is 30.4 Å². The van der Waals surface area contributed by atoms with E-state index >= 15 is 0 Å². The lowest BCUT2D eigenvalue weighted by Gasteiger charge is -2.27. The third kappa shape index (κ3) is 7.30. The second-order valence-corrected chi connectivity index (χ2v) is 14.9.